The van der Waals surface area contributed by atoms with Crippen LogP contribution >= 0.6 is 11.8 Å². The first-order valence-electron chi connectivity index (χ1n) is 8.28. The third-order valence-corrected chi connectivity index (χ3v) is 4.71. The van der Waals surface area contributed by atoms with Crippen LogP contribution in [0.25, 0.3) is 0 Å². The van der Waals surface area contributed by atoms with Crippen molar-refractivity contribution < 1.29 is 18.8 Å². The molecule has 0 aliphatic carbocycles. The molecule has 0 aliphatic heterocycles. The van der Waals surface area contributed by atoms with Crippen molar-refractivity contribution in [3.05, 3.63) is 41.1 Å². The maximum absolute atomic E-state index is 11.8. The fourth-order valence-electron chi connectivity index (χ4n) is 1.99. The van der Waals surface area contributed by atoms with E-state index < -0.39 is 11.9 Å². The molecule has 0 fully saturated rings. The Morgan fingerprint density at radius 1 is 1.19 bits per heavy atom. The molecule has 0 bridgehead atoms. The third-order valence-electron chi connectivity index (χ3n) is 3.74. The van der Waals surface area contributed by atoms with Crippen molar-refractivity contribution in [2.24, 2.45) is 0 Å². The number of rotatable bonds is 6. The largest absolute Gasteiger partial charge is 0.455 e. The summed E-state index contributed by atoms with van der Waals surface area (Å²) in [5, 5.41) is 6.44. The Morgan fingerprint density at radius 2 is 1.92 bits per heavy atom. The van der Waals surface area contributed by atoms with Crippen molar-refractivity contribution in [2.75, 3.05) is 17.7 Å². The number of thioether (sulfide) groups is 1. The topological polar surface area (TPSA) is 81.4 Å². The first-order valence-corrected chi connectivity index (χ1v) is 9.26. The molecule has 2 aromatic rings. The van der Waals surface area contributed by atoms with Gasteiger partial charge in [0, 0.05) is 16.4 Å². The van der Waals surface area contributed by atoms with E-state index >= 15 is 0 Å². The van der Waals surface area contributed by atoms with E-state index in [1.807, 2.05) is 52.8 Å². The second-order valence-electron chi connectivity index (χ2n) is 7.07. The van der Waals surface area contributed by atoms with E-state index in [1.165, 1.54) is 22.9 Å². The smallest absolute Gasteiger partial charge is 0.316 e. The van der Waals surface area contributed by atoms with Gasteiger partial charge in [-0.1, -0.05) is 32.0 Å². The summed E-state index contributed by atoms with van der Waals surface area (Å²) < 4.78 is 10.1. The van der Waals surface area contributed by atoms with Gasteiger partial charge in [-0.3, -0.25) is 14.9 Å². The predicted octanol–water partition coefficient (Wildman–Crippen LogP) is 3.86. The van der Waals surface area contributed by atoms with Gasteiger partial charge in [-0.05, 0) is 37.1 Å². The molecule has 1 heterocycles. The van der Waals surface area contributed by atoms with Gasteiger partial charge in [-0.15, -0.1) is 11.8 Å². The summed E-state index contributed by atoms with van der Waals surface area (Å²) in [6, 6.07) is 7.66. The van der Waals surface area contributed by atoms with Crippen LogP contribution in [0.1, 0.15) is 37.6 Å². The second-order valence-corrected chi connectivity index (χ2v) is 8.12. The lowest BCUT2D eigenvalue weighted by molar-refractivity contribution is -0.144. The lowest BCUT2D eigenvalue weighted by Crippen LogP contribution is -2.21. The number of carbonyl (C=O) groups excluding carboxylic acids is 2. The zero-order chi connectivity index (χ0) is 19.3. The maximum Gasteiger partial charge on any atom is 0.316 e. The van der Waals surface area contributed by atoms with Crippen LogP contribution in [0.15, 0.2) is 33.7 Å². The standard InChI is InChI=1S/C19H24N2O4S/c1-12-6-7-14(8-13(12)2)26-11-18(23)24-10-16(22)20-17-9-15(21-25-17)19(3,4)5/h6-9H,10-11H2,1-5H3,(H,20,22). The van der Waals surface area contributed by atoms with Gasteiger partial charge < -0.3 is 9.26 Å². The Balaban J connectivity index is 1.75. The van der Waals surface area contributed by atoms with Gasteiger partial charge in [0.15, 0.2) is 6.61 Å². The number of esters is 1. The zero-order valence-corrected chi connectivity index (χ0v) is 16.5. The average Bonchev–Trinajstić information content (AvgIpc) is 3.03. The second kappa shape index (κ2) is 8.40. The predicted molar refractivity (Wildman–Crippen MR) is 101 cm³/mol. The molecule has 1 amide bonds. The molecule has 6 nitrogen and oxygen atoms in total. The van der Waals surface area contributed by atoms with E-state index in [2.05, 4.69) is 10.5 Å². The van der Waals surface area contributed by atoms with Gasteiger partial charge in [0.1, 0.15) is 0 Å². The Labute approximate surface area is 157 Å². The highest BCUT2D eigenvalue weighted by molar-refractivity contribution is 8.00. The fraction of sp³-hybridized carbons (Fsp3) is 0.421. The number of nitrogens with zero attached hydrogens (tertiary/aromatic N) is 1. The summed E-state index contributed by atoms with van der Waals surface area (Å²) in [5.41, 5.74) is 2.93. The number of aromatic nitrogens is 1. The number of ether oxygens (including phenoxy) is 1. The van der Waals surface area contributed by atoms with Gasteiger partial charge in [-0.2, -0.15) is 0 Å². The molecule has 0 atom stereocenters. The SMILES string of the molecule is Cc1ccc(SCC(=O)OCC(=O)Nc2cc(C(C)(C)C)no2)cc1C. The van der Waals surface area contributed by atoms with Crippen molar-refractivity contribution >= 4 is 29.5 Å². The van der Waals surface area contributed by atoms with Crippen LogP contribution in [0.2, 0.25) is 0 Å². The van der Waals surface area contributed by atoms with Crippen LogP contribution in [0, 0.1) is 13.8 Å². The Bertz CT molecular complexity index is 793. The summed E-state index contributed by atoms with van der Waals surface area (Å²) >= 11 is 1.38. The molecule has 7 heteroatoms. The monoisotopic (exact) mass is 376 g/mol. The maximum atomic E-state index is 11.8. The van der Waals surface area contributed by atoms with Crippen molar-refractivity contribution in [1.29, 1.82) is 0 Å². The summed E-state index contributed by atoms with van der Waals surface area (Å²) in [5.74, 6) is -0.533. The molecule has 0 saturated carbocycles. The Hall–Kier alpha value is -2.28. The third kappa shape index (κ3) is 5.91. The first-order chi connectivity index (χ1) is 12.1. The van der Waals surface area contributed by atoms with Gasteiger partial charge in [0.05, 0.1) is 11.4 Å². The fourth-order valence-corrected chi connectivity index (χ4v) is 2.79. The highest BCUT2D eigenvalue weighted by Crippen LogP contribution is 2.23. The molecular weight excluding hydrogens is 352 g/mol. The number of aryl methyl sites for hydroxylation is 2. The van der Waals surface area contributed by atoms with Gasteiger partial charge in [0.2, 0.25) is 5.88 Å². The quantitative estimate of drug-likeness (QED) is 0.609. The molecule has 140 valence electrons. The molecule has 0 aliphatic rings. The molecular formula is C19H24N2O4S. The summed E-state index contributed by atoms with van der Waals surface area (Å²) in [4.78, 5) is 24.6. The molecule has 26 heavy (non-hydrogen) atoms. The molecule has 0 saturated heterocycles. The van der Waals surface area contributed by atoms with E-state index in [0.29, 0.717) is 0 Å². The highest BCUT2D eigenvalue weighted by Gasteiger charge is 2.20. The first kappa shape index (κ1) is 20.0. The van der Waals surface area contributed by atoms with E-state index in [9.17, 15) is 9.59 Å². The van der Waals surface area contributed by atoms with Crippen LogP contribution in [0.5, 0.6) is 0 Å². The lowest BCUT2D eigenvalue weighted by atomic mass is 9.92. The molecule has 1 N–H and O–H groups in total. The number of benzene rings is 1. The molecule has 1 aromatic carbocycles. The van der Waals surface area contributed by atoms with Gasteiger partial charge >= 0.3 is 5.97 Å². The average molecular weight is 376 g/mol. The van der Waals surface area contributed by atoms with E-state index in [1.54, 1.807) is 6.07 Å². The minimum absolute atomic E-state index is 0.145. The lowest BCUT2D eigenvalue weighted by Gasteiger charge is -2.12. The van der Waals surface area contributed by atoms with Crippen LogP contribution in [-0.2, 0) is 19.7 Å². The number of nitrogens with one attached hydrogen (secondary N) is 1. The van der Waals surface area contributed by atoms with Crippen LogP contribution < -0.4 is 5.32 Å². The number of hydrogen-bond donors (Lipinski definition) is 1. The summed E-state index contributed by atoms with van der Waals surface area (Å²) in [6.45, 7) is 9.67. The minimum atomic E-state index is -0.467. The summed E-state index contributed by atoms with van der Waals surface area (Å²) in [7, 11) is 0. The molecule has 0 unspecified atom stereocenters. The van der Waals surface area contributed by atoms with Crippen LogP contribution in [0.4, 0.5) is 5.88 Å². The zero-order valence-electron chi connectivity index (χ0n) is 15.7. The molecule has 1 aromatic heterocycles. The Kier molecular flexibility index (Phi) is 6.47. The highest BCUT2D eigenvalue weighted by atomic mass is 32.2. The molecule has 0 radical (unpaired) electrons. The number of amides is 1. The van der Waals surface area contributed by atoms with Crippen molar-refractivity contribution in [3.63, 3.8) is 0 Å². The minimum Gasteiger partial charge on any atom is -0.455 e. The summed E-state index contributed by atoms with van der Waals surface area (Å²) in [6.07, 6.45) is 0. The van der Waals surface area contributed by atoms with Crippen molar-refractivity contribution in [1.82, 2.24) is 5.16 Å². The van der Waals surface area contributed by atoms with Crippen molar-refractivity contribution in [2.45, 2.75) is 44.9 Å². The normalized spacial score (nSPS) is 11.3. The van der Waals surface area contributed by atoms with Gasteiger partial charge in [0.25, 0.3) is 5.91 Å². The molecule has 0 spiro atoms. The van der Waals surface area contributed by atoms with Crippen molar-refractivity contribution in [3.8, 4) is 0 Å². The van der Waals surface area contributed by atoms with Gasteiger partial charge in [-0.25, -0.2) is 0 Å². The van der Waals surface area contributed by atoms with Crippen LogP contribution in [0.3, 0.4) is 0 Å². The Morgan fingerprint density at radius 3 is 2.54 bits per heavy atom. The number of carbonyl (C=O) groups is 2. The number of anilines is 1. The molecule has 2 rings (SSSR count). The van der Waals surface area contributed by atoms with E-state index in [4.69, 9.17) is 9.26 Å². The van der Waals surface area contributed by atoms with Crippen LogP contribution in [-0.4, -0.2) is 29.4 Å². The number of hydrogen-bond acceptors (Lipinski definition) is 6. The van der Waals surface area contributed by atoms with E-state index in [-0.39, 0.29) is 23.7 Å². The van der Waals surface area contributed by atoms with E-state index in [0.717, 1.165) is 10.6 Å².